The maximum absolute atomic E-state index is 11.5. The maximum atomic E-state index is 11.5. The quantitative estimate of drug-likeness (QED) is 0.822. The van der Waals surface area contributed by atoms with Crippen molar-refractivity contribution >= 4 is 9.84 Å². The molecule has 22 heavy (non-hydrogen) atoms. The Balaban J connectivity index is 1.99. The number of nitrogens with zero attached hydrogens (tertiary/aromatic N) is 2. The maximum Gasteiger partial charge on any atom is 0.175 e. The molecule has 5 heteroatoms. The highest BCUT2D eigenvalue weighted by molar-refractivity contribution is 7.90. The number of hydrogen-bond acceptors (Lipinski definition) is 4. The van der Waals surface area contributed by atoms with Gasteiger partial charge in [-0.3, -0.25) is 9.88 Å². The highest BCUT2D eigenvalue weighted by atomic mass is 32.2. The standard InChI is InChI=1S/C17H22N2O2S/c1-14(15-7-9-17(10-8-15)22(3,20)21)19(2)13-11-16-6-4-5-12-18-16/h4-10,12,14H,11,13H2,1-3H3. The number of sulfone groups is 1. The number of rotatable bonds is 6. The van der Waals surface area contributed by atoms with Gasteiger partial charge in [-0.2, -0.15) is 0 Å². The van der Waals surface area contributed by atoms with Crippen LogP contribution in [0.4, 0.5) is 0 Å². The molecule has 1 atom stereocenters. The van der Waals surface area contributed by atoms with Crippen molar-refractivity contribution in [1.29, 1.82) is 0 Å². The molecule has 0 aliphatic carbocycles. The van der Waals surface area contributed by atoms with Crippen LogP contribution in [0.5, 0.6) is 0 Å². The second-order valence-electron chi connectivity index (χ2n) is 5.57. The number of benzene rings is 1. The summed E-state index contributed by atoms with van der Waals surface area (Å²) in [4.78, 5) is 6.93. The molecule has 4 nitrogen and oxygen atoms in total. The largest absolute Gasteiger partial charge is 0.299 e. The fraction of sp³-hybridized carbons (Fsp3) is 0.353. The summed E-state index contributed by atoms with van der Waals surface area (Å²) in [5.74, 6) is 0. The molecule has 0 aliphatic heterocycles. The fourth-order valence-electron chi connectivity index (χ4n) is 2.28. The first-order valence-electron chi connectivity index (χ1n) is 7.28. The van der Waals surface area contributed by atoms with E-state index >= 15 is 0 Å². The minimum absolute atomic E-state index is 0.220. The Labute approximate surface area is 132 Å². The molecule has 2 aromatic rings. The summed E-state index contributed by atoms with van der Waals surface area (Å²) < 4.78 is 23.0. The van der Waals surface area contributed by atoms with E-state index in [9.17, 15) is 8.42 Å². The lowest BCUT2D eigenvalue weighted by Gasteiger charge is -2.25. The van der Waals surface area contributed by atoms with E-state index in [0.717, 1.165) is 24.2 Å². The van der Waals surface area contributed by atoms with Crippen LogP contribution in [0.2, 0.25) is 0 Å². The second-order valence-corrected chi connectivity index (χ2v) is 7.58. The van der Waals surface area contributed by atoms with Crippen LogP contribution in [0.3, 0.4) is 0 Å². The topological polar surface area (TPSA) is 50.3 Å². The van der Waals surface area contributed by atoms with Gasteiger partial charge in [-0.1, -0.05) is 18.2 Å². The van der Waals surface area contributed by atoms with Gasteiger partial charge in [0.25, 0.3) is 0 Å². The molecule has 0 saturated carbocycles. The lowest BCUT2D eigenvalue weighted by atomic mass is 10.1. The van der Waals surface area contributed by atoms with Crippen molar-refractivity contribution in [2.45, 2.75) is 24.3 Å². The lowest BCUT2D eigenvalue weighted by molar-refractivity contribution is 0.264. The van der Waals surface area contributed by atoms with Gasteiger partial charge in [-0.15, -0.1) is 0 Å². The SMILES string of the molecule is CC(c1ccc(S(C)(=O)=O)cc1)N(C)CCc1ccccn1. The van der Waals surface area contributed by atoms with Crippen LogP contribution in [-0.4, -0.2) is 38.1 Å². The molecule has 0 bridgehead atoms. The molecular weight excluding hydrogens is 296 g/mol. The number of pyridine rings is 1. The van der Waals surface area contributed by atoms with Gasteiger partial charge in [0.05, 0.1) is 4.90 Å². The van der Waals surface area contributed by atoms with Crippen LogP contribution in [0.25, 0.3) is 0 Å². The second kappa shape index (κ2) is 7.03. The van der Waals surface area contributed by atoms with E-state index in [4.69, 9.17) is 0 Å². The highest BCUT2D eigenvalue weighted by Gasteiger charge is 2.13. The summed E-state index contributed by atoms with van der Waals surface area (Å²) in [5.41, 5.74) is 2.19. The van der Waals surface area contributed by atoms with E-state index in [1.807, 2.05) is 36.5 Å². The molecule has 0 fully saturated rings. The summed E-state index contributed by atoms with van der Waals surface area (Å²) in [7, 11) is -1.07. The van der Waals surface area contributed by atoms with Crippen molar-refractivity contribution in [3.8, 4) is 0 Å². The monoisotopic (exact) mass is 318 g/mol. The van der Waals surface area contributed by atoms with Crippen LogP contribution in [0.1, 0.15) is 24.2 Å². The van der Waals surface area contributed by atoms with E-state index in [2.05, 4.69) is 23.9 Å². The predicted octanol–water partition coefficient (Wildman–Crippen LogP) is 2.72. The van der Waals surface area contributed by atoms with Gasteiger partial charge >= 0.3 is 0 Å². The van der Waals surface area contributed by atoms with E-state index < -0.39 is 9.84 Å². The van der Waals surface area contributed by atoms with Crippen LogP contribution < -0.4 is 0 Å². The number of aromatic nitrogens is 1. The van der Waals surface area contributed by atoms with Crippen LogP contribution in [0, 0.1) is 0 Å². The molecule has 118 valence electrons. The van der Waals surface area contributed by atoms with Crippen molar-refractivity contribution in [1.82, 2.24) is 9.88 Å². The summed E-state index contributed by atoms with van der Waals surface area (Å²) in [6.45, 7) is 3.01. The summed E-state index contributed by atoms with van der Waals surface area (Å²) in [6.07, 6.45) is 3.93. The van der Waals surface area contributed by atoms with Crippen LogP contribution in [-0.2, 0) is 16.3 Å². The van der Waals surface area contributed by atoms with Crippen LogP contribution >= 0.6 is 0 Å². The van der Waals surface area contributed by atoms with E-state index in [1.54, 1.807) is 12.1 Å². The zero-order valence-electron chi connectivity index (χ0n) is 13.2. The van der Waals surface area contributed by atoms with E-state index in [0.29, 0.717) is 4.90 Å². The van der Waals surface area contributed by atoms with Crippen molar-refractivity contribution in [2.24, 2.45) is 0 Å². The van der Waals surface area contributed by atoms with Gasteiger partial charge in [0, 0.05) is 37.2 Å². The molecule has 1 unspecified atom stereocenters. The minimum atomic E-state index is -3.13. The van der Waals surface area contributed by atoms with Gasteiger partial charge in [0.2, 0.25) is 0 Å². The molecule has 0 N–H and O–H groups in total. The smallest absolute Gasteiger partial charge is 0.175 e. The number of likely N-dealkylation sites (N-methyl/N-ethyl adjacent to an activating group) is 1. The molecule has 0 spiro atoms. The van der Waals surface area contributed by atoms with E-state index in [1.165, 1.54) is 6.26 Å². The molecule has 0 radical (unpaired) electrons. The molecule has 1 aromatic heterocycles. The third kappa shape index (κ3) is 4.39. The average Bonchev–Trinajstić information content (AvgIpc) is 2.52. The molecule has 1 heterocycles. The zero-order valence-corrected chi connectivity index (χ0v) is 14.0. The Kier molecular flexibility index (Phi) is 5.32. The Morgan fingerprint density at radius 2 is 1.82 bits per heavy atom. The first-order valence-corrected chi connectivity index (χ1v) is 9.17. The van der Waals surface area contributed by atoms with Crippen molar-refractivity contribution < 1.29 is 8.42 Å². The van der Waals surface area contributed by atoms with Gasteiger partial charge in [0.15, 0.2) is 9.84 Å². The molecule has 0 aliphatic rings. The number of hydrogen-bond donors (Lipinski definition) is 0. The van der Waals surface area contributed by atoms with Gasteiger partial charge in [0.1, 0.15) is 0 Å². The van der Waals surface area contributed by atoms with Gasteiger partial charge < -0.3 is 0 Å². The summed E-state index contributed by atoms with van der Waals surface area (Å²) in [6, 6.07) is 13.3. The summed E-state index contributed by atoms with van der Waals surface area (Å²) >= 11 is 0. The molecule has 2 rings (SSSR count). The molecular formula is C17H22N2O2S. The third-order valence-electron chi connectivity index (χ3n) is 3.90. The van der Waals surface area contributed by atoms with E-state index in [-0.39, 0.29) is 6.04 Å². The van der Waals surface area contributed by atoms with Gasteiger partial charge in [-0.25, -0.2) is 8.42 Å². The van der Waals surface area contributed by atoms with Crippen molar-refractivity contribution in [3.63, 3.8) is 0 Å². The minimum Gasteiger partial charge on any atom is -0.299 e. The highest BCUT2D eigenvalue weighted by Crippen LogP contribution is 2.20. The van der Waals surface area contributed by atoms with Gasteiger partial charge in [-0.05, 0) is 43.8 Å². The molecule has 0 amide bonds. The normalized spacial score (nSPS) is 13.3. The third-order valence-corrected chi connectivity index (χ3v) is 5.03. The Morgan fingerprint density at radius 1 is 1.14 bits per heavy atom. The fourth-order valence-corrected chi connectivity index (χ4v) is 2.91. The lowest BCUT2D eigenvalue weighted by Crippen LogP contribution is -2.25. The Hall–Kier alpha value is -1.72. The molecule has 1 aromatic carbocycles. The predicted molar refractivity (Wildman–Crippen MR) is 88.5 cm³/mol. The first-order chi connectivity index (χ1) is 10.4. The van der Waals surface area contributed by atoms with Crippen molar-refractivity contribution in [3.05, 3.63) is 59.9 Å². The Bertz CT molecular complexity index is 697. The van der Waals surface area contributed by atoms with Crippen LogP contribution in [0.15, 0.2) is 53.6 Å². The zero-order chi connectivity index (χ0) is 16.2. The Morgan fingerprint density at radius 3 is 2.36 bits per heavy atom. The first kappa shape index (κ1) is 16.6. The van der Waals surface area contributed by atoms with Crippen molar-refractivity contribution in [2.75, 3.05) is 19.8 Å². The average molecular weight is 318 g/mol. The molecule has 0 saturated heterocycles. The summed E-state index contributed by atoms with van der Waals surface area (Å²) in [5, 5.41) is 0.